The molecule has 0 N–H and O–H groups in total. The Labute approximate surface area is 108 Å². The molecule has 2 rings (SSSR count). The Kier molecular flexibility index (Phi) is 3.71. The molecular formula is C12H13BrN2S. The van der Waals surface area contributed by atoms with E-state index in [0.717, 1.165) is 16.0 Å². The Balaban J connectivity index is 2.58. The van der Waals surface area contributed by atoms with Crippen LogP contribution in [0.25, 0.3) is 11.4 Å². The van der Waals surface area contributed by atoms with Crippen molar-refractivity contribution in [1.82, 2.24) is 9.55 Å². The summed E-state index contributed by atoms with van der Waals surface area (Å²) in [6.07, 6.45) is 3.80. The zero-order chi connectivity index (χ0) is 11.5. The van der Waals surface area contributed by atoms with E-state index in [0.29, 0.717) is 0 Å². The average molecular weight is 297 g/mol. The predicted octanol–water partition coefficient (Wildman–Crippen LogP) is 3.96. The number of aromatic nitrogens is 2. The molecule has 0 bridgehead atoms. The van der Waals surface area contributed by atoms with Gasteiger partial charge in [0.25, 0.3) is 0 Å². The third-order valence-corrected chi connectivity index (χ3v) is 3.92. The first-order chi connectivity index (χ1) is 7.74. The molecule has 2 nitrogen and oxygen atoms in total. The Morgan fingerprint density at radius 2 is 2.25 bits per heavy atom. The number of rotatable bonds is 3. The lowest BCUT2D eigenvalue weighted by Gasteiger charge is -2.10. The van der Waals surface area contributed by atoms with Crippen molar-refractivity contribution in [3.63, 3.8) is 0 Å². The van der Waals surface area contributed by atoms with Gasteiger partial charge in [-0.1, -0.05) is 13.0 Å². The van der Waals surface area contributed by atoms with Crippen LogP contribution in [0.4, 0.5) is 0 Å². The fourth-order valence-corrected chi connectivity index (χ4v) is 3.11. The Hall–Kier alpha value is -0.740. The number of hydrogen-bond donors (Lipinski definition) is 0. The van der Waals surface area contributed by atoms with Gasteiger partial charge in [0.2, 0.25) is 0 Å². The third-order valence-electron chi connectivity index (χ3n) is 2.32. The van der Waals surface area contributed by atoms with E-state index in [1.165, 1.54) is 10.5 Å². The molecule has 2 aromatic rings. The summed E-state index contributed by atoms with van der Waals surface area (Å²) in [7, 11) is 2.02. The minimum Gasteiger partial charge on any atom is -0.334 e. The van der Waals surface area contributed by atoms with Crippen molar-refractivity contribution < 1.29 is 0 Å². The van der Waals surface area contributed by atoms with E-state index in [4.69, 9.17) is 0 Å². The van der Waals surface area contributed by atoms with E-state index < -0.39 is 0 Å². The number of imidazole rings is 1. The predicted molar refractivity (Wildman–Crippen MR) is 72.7 cm³/mol. The second-order valence-corrected chi connectivity index (χ2v) is 5.57. The first-order valence-corrected chi connectivity index (χ1v) is 6.91. The van der Waals surface area contributed by atoms with E-state index in [1.807, 2.05) is 35.8 Å². The van der Waals surface area contributed by atoms with Crippen molar-refractivity contribution in [2.45, 2.75) is 11.8 Å². The first-order valence-electron chi connectivity index (χ1n) is 5.13. The summed E-state index contributed by atoms with van der Waals surface area (Å²) in [6, 6.07) is 6.27. The molecule has 1 aromatic heterocycles. The Morgan fingerprint density at radius 1 is 1.44 bits per heavy atom. The minimum atomic E-state index is 1.00. The van der Waals surface area contributed by atoms with E-state index in [-0.39, 0.29) is 0 Å². The molecule has 1 heterocycles. The normalized spacial score (nSPS) is 10.7. The molecule has 1 aromatic carbocycles. The summed E-state index contributed by atoms with van der Waals surface area (Å²) in [5.41, 5.74) is 1.18. The fraction of sp³-hybridized carbons (Fsp3) is 0.250. The molecule has 4 heteroatoms. The number of halogens is 1. The summed E-state index contributed by atoms with van der Waals surface area (Å²) in [4.78, 5) is 5.68. The molecule has 0 aliphatic carbocycles. The van der Waals surface area contributed by atoms with Gasteiger partial charge in [-0.05, 0) is 33.8 Å². The molecule has 0 fully saturated rings. The highest BCUT2D eigenvalue weighted by Gasteiger charge is 2.12. The largest absolute Gasteiger partial charge is 0.334 e. The first kappa shape index (κ1) is 11.7. The second-order valence-electron chi connectivity index (χ2n) is 3.41. The van der Waals surface area contributed by atoms with Crippen molar-refractivity contribution in [1.29, 1.82) is 0 Å². The van der Waals surface area contributed by atoms with Crippen LogP contribution < -0.4 is 0 Å². The minimum absolute atomic E-state index is 1.00. The van der Waals surface area contributed by atoms with Crippen molar-refractivity contribution >= 4 is 27.7 Å². The van der Waals surface area contributed by atoms with Crippen LogP contribution >= 0.6 is 27.7 Å². The van der Waals surface area contributed by atoms with Gasteiger partial charge in [-0.25, -0.2) is 4.98 Å². The summed E-state index contributed by atoms with van der Waals surface area (Å²) in [5, 5.41) is 0. The standard InChI is InChI=1S/C12H13BrN2S/c1-3-16-10-6-4-5-9(13)11(10)12-14-7-8-15(12)2/h4-8H,3H2,1-2H3. The molecule has 0 saturated heterocycles. The van der Waals surface area contributed by atoms with Crippen LogP contribution in [0, 0.1) is 0 Å². The highest BCUT2D eigenvalue weighted by atomic mass is 79.9. The second kappa shape index (κ2) is 5.06. The van der Waals surface area contributed by atoms with Gasteiger partial charge in [0.15, 0.2) is 0 Å². The van der Waals surface area contributed by atoms with Crippen LogP contribution in [0.5, 0.6) is 0 Å². The molecule has 0 amide bonds. The zero-order valence-electron chi connectivity index (χ0n) is 9.27. The highest BCUT2D eigenvalue weighted by molar-refractivity contribution is 9.10. The fourth-order valence-electron chi connectivity index (χ4n) is 1.60. The van der Waals surface area contributed by atoms with Gasteiger partial charge in [0, 0.05) is 34.4 Å². The topological polar surface area (TPSA) is 17.8 Å². The number of thioether (sulfide) groups is 1. The molecule has 0 aliphatic rings. The third kappa shape index (κ3) is 2.18. The smallest absolute Gasteiger partial charge is 0.141 e. The van der Waals surface area contributed by atoms with Crippen LogP contribution in [0.3, 0.4) is 0 Å². The van der Waals surface area contributed by atoms with Gasteiger partial charge >= 0.3 is 0 Å². The Morgan fingerprint density at radius 3 is 2.88 bits per heavy atom. The van der Waals surface area contributed by atoms with Crippen LogP contribution in [0.1, 0.15) is 6.92 Å². The molecule has 0 aliphatic heterocycles. The van der Waals surface area contributed by atoms with E-state index in [1.54, 1.807) is 0 Å². The van der Waals surface area contributed by atoms with Gasteiger partial charge < -0.3 is 4.57 Å². The number of benzene rings is 1. The zero-order valence-corrected chi connectivity index (χ0v) is 11.7. The molecule has 16 heavy (non-hydrogen) atoms. The van der Waals surface area contributed by atoms with Gasteiger partial charge in [-0.2, -0.15) is 0 Å². The van der Waals surface area contributed by atoms with Crippen molar-refractivity contribution in [2.24, 2.45) is 7.05 Å². The van der Waals surface area contributed by atoms with Gasteiger partial charge in [-0.3, -0.25) is 0 Å². The quantitative estimate of drug-likeness (QED) is 0.798. The van der Waals surface area contributed by atoms with Crippen LogP contribution in [-0.2, 0) is 7.05 Å². The monoisotopic (exact) mass is 296 g/mol. The summed E-state index contributed by atoms with van der Waals surface area (Å²) in [5.74, 6) is 2.07. The van der Waals surface area contributed by atoms with E-state index in [2.05, 4.69) is 46.0 Å². The lowest BCUT2D eigenvalue weighted by molar-refractivity contribution is 0.920. The lowest BCUT2D eigenvalue weighted by Crippen LogP contribution is -1.94. The van der Waals surface area contributed by atoms with Crippen molar-refractivity contribution in [3.05, 3.63) is 35.1 Å². The lowest BCUT2D eigenvalue weighted by atomic mass is 10.2. The van der Waals surface area contributed by atoms with Crippen LogP contribution in [-0.4, -0.2) is 15.3 Å². The SMILES string of the molecule is CCSc1cccc(Br)c1-c1nccn1C. The highest BCUT2D eigenvalue weighted by Crippen LogP contribution is 2.35. The molecule has 0 radical (unpaired) electrons. The number of aryl methyl sites for hydroxylation is 1. The molecular weight excluding hydrogens is 284 g/mol. The summed E-state index contributed by atoms with van der Waals surface area (Å²) in [6.45, 7) is 2.16. The number of hydrogen-bond acceptors (Lipinski definition) is 2. The van der Waals surface area contributed by atoms with Gasteiger partial charge in [0.05, 0.1) is 0 Å². The van der Waals surface area contributed by atoms with Crippen LogP contribution in [0.15, 0.2) is 40.0 Å². The van der Waals surface area contributed by atoms with Gasteiger partial charge in [-0.15, -0.1) is 11.8 Å². The van der Waals surface area contributed by atoms with Gasteiger partial charge in [0.1, 0.15) is 5.82 Å². The van der Waals surface area contributed by atoms with Crippen molar-refractivity contribution in [3.8, 4) is 11.4 Å². The summed E-state index contributed by atoms with van der Waals surface area (Å²) >= 11 is 5.45. The van der Waals surface area contributed by atoms with E-state index >= 15 is 0 Å². The number of nitrogens with zero attached hydrogens (tertiary/aromatic N) is 2. The maximum Gasteiger partial charge on any atom is 0.141 e. The maximum absolute atomic E-state index is 4.41. The van der Waals surface area contributed by atoms with Crippen molar-refractivity contribution in [2.75, 3.05) is 5.75 Å². The Bertz CT molecular complexity index is 494. The maximum atomic E-state index is 4.41. The molecule has 0 unspecified atom stereocenters. The van der Waals surface area contributed by atoms with Crippen LogP contribution in [0.2, 0.25) is 0 Å². The molecule has 0 atom stereocenters. The molecule has 0 saturated carbocycles. The molecule has 84 valence electrons. The summed E-state index contributed by atoms with van der Waals surface area (Å²) < 4.78 is 3.14. The average Bonchev–Trinajstić information content (AvgIpc) is 2.65. The molecule has 0 spiro atoms. The van der Waals surface area contributed by atoms with E-state index in [9.17, 15) is 0 Å².